The van der Waals surface area contributed by atoms with Crippen LogP contribution in [-0.4, -0.2) is 42.2 Å². The molecule has 2 aliphatic heterocycles. The maximum Gasteiger partial charge on any atom is 0.150 e. The summed E-state index contributed by atoms with van der Waals surface area (Å²) in [5, 5.41) is 3.41. The second-order valence-corrected chi connectivity index (χ2v) is 8.01. The average Bonchev–Trinajstić information content (AvgIpc) is 2.65. The molecular formula is C19H30N3O2P. The Morgan fingerprint density at radius 3 is 2.64 bits per heavy atom. The van der Waals surface area contributed by atoms with Gasteiger partial charge in [0, 0.05) is 32.1 Å². The maximum atomic E-state index is 12.5. The van der Waals surface area contributed by atoms with Crippen LogP contribution in [0.25, 0.3) is 0 Å². The summed E-state index contributed by atoms with van der Waals surface area (Å²) in [4.78, 5) is 18.1. The van der Waals surface area contributed by atoms with Crippen molar-refractivity contribution in [3.63, 3.8) is 0 Å². The lowest BCUT2D eigenvalue weighted by molar-refractivity contribution is -0.123. The summed E-state index contributed by atoms with van der Waals surface area (Å²) >= 11 is 0. The standard InChI is InChI=1S/C19H30N3O2P/c23-19(12-15-8-10-22(25)11-9-15)18-7-6-17(13-20-18)21-24-14-16-4-2-1-3-5-16/h1-5,15,17-18,20-21H,6-14,25H2/t17-,18+/m1/s1. The summed E-state index contributed by atoms with van der Waals surface area (Å²) in [7, 11) is 2.76. The molecule has 0 spiro atoms. The minimum atomic E-state index is 0.0289. The van der Waals surface area contributed by atoms with E-state index >= 15 is 0 Å². The van der Waals surface area contributed by atoms with E-state index in [1.165, 1.54) is 0 Å². The molecule has 0 radical (unpaired) electrons. The lowest BCUT2D eigenvalue weighted by atomic mass is 9.88. The van der Waals surface area contributed by atoms with Crippen molar-refractivity contribution < 1.29 is 9.63 Å². The Balaban J connectivity index is 1.32. The van der Waals surface area contributed by atoms with Crippen LogP contribution >= 0.6 is 9.39 Å². The van der Waals surface area contributed by atoms with Gasteiger partial charge in [-0.1, -0.05) is 39.7 Å². The third-order valence-corrected chi connectivity index (χ3v) is 5.79. The largest absolute Gasteiger partial charge is 0.306 e. The first-order valence-corrected chi connectivity index (χ1v) is 9.89. The Labute approximate surface area is 153 Å². The fourth-order valence-corrected chi connectivity index (χ4v) is 3.93. The zero-order chi connectivity index (χ0) is 17.5. The molecule has 0 saturated carbocycles. The predicted molar refractivity (Wildman–Crippen MR) is 103 cm³/mol. The second kappa shape index (κ2) is 9.75. The number of Topliss-reactive ketones (excluding diaryl/α,β-unsaturated/α-hetero) is 1. The fourth-order valence-electron chi connectivity index (χ4n) is 3.63. The number of hydroxylamine groups is 1. The van der Waals surface area contributed by atoms with Crippen LogP contribution in [0, 0.1) is 5.92 Å². The van der Waals surface area contributed by atoms with Crippen LogP contribution in [0.2, 0.25) is 0 Å². The Bertz CT molecular complexity index is 527. The molecule has 1 unspecified atom stereocenters. The SMILES string of the molecule is O=C(CC1CCN(P)CC1)[C@@H]1CC[C@@H](NOCc2ccccc2)CN1. The summed E-state index contributed by atoms with van der Waals surface area (Å²) < 4.78 is 2.27. The van der Waals surface area contributed by atoms with Gasteiger partial charge in [0.05, 0.1) is 12.6 Å². The molecule has 6 heteroatoms. The monoisotopic (exact) mass is 363 g/mol. The summed E-state index contributed by atoms with van der Waals surface area (Å²) in [6, 6.07) is 10.4. The minimum Gasteiger partial charge on any atom is -0.306 e. The Morgan fingerprint density at radius 1 is 1.20 bits per heavy atom. The summed E-state index contributed by atoms with van der Waals surface area (Å²) in [6.45, 7) is 3.53. The van der Waals surface area contributed by atoms with Crippen LogP contribution in [0.1, 0.15) is 37.7 Å². The van der Waals surface area contributed by atoms with Crippen molar-refractivity contribution in [2.45, 2.75) is 50.8 Å². The maximum absolute atomic E-state index is 12.5. The molecule has 25 heavy (non-hydrogen) atoms. The molecule has 0 aliphatic carbocycles. The van der Waals surface area contributed by atoms with Crippen molar-refractivity contribution in [1.29, 1.82) is 0 Å². The van der Waals surface area contributed by atoms with Crippen LogP contribution in [-0.2, 0) is 16.2 Å². The molecule has 3 rings (SSSR count). The van der Waals surface area contributed by atoms with Crippen LogP contribution in [0.5, 0.6) is 0 Å². The van der Waals surface area contributed by atoms with Gasteiger partial charge in [-0.25, -0.2) is 0 Å². The molecule has 138 valence electrons. The Hall–Kier alpha value is -0.840. The van der Waals surface area contributed by atoms with Gasteiger partial charge in [-0.05, 0) is 37.2 Å². The summed E-state index contributed by atoms with van der Waals surface area (Å²) in [5.41, 5.74) is 4.29. The van der Waals surface area contributed by atoms with Crippen molar-refractivity contribution in [3.8, 4) is 0 Å². The molecule has 3 atom stereocenters. The third kappa shape index (κ3) is 6.12. The van der Waals surface area contributed by atoms with E-state index in [-0.39, 0.29) is 12.1 Å². The molecule has 2 saturated heterocycles. The smallest absolute Gasteiger partial charge is 0.150 e. The van der Waals surface area contributed by atoms with E-state index in [9.17, 15) is 4.79 Å². The third-order valence-electron chi connectivity index (χ3n) is 5.27. The van der Waals surface area contributed by atoms with Gasteiger partial charge in [0.2, 0.25) is 0 Å². The topological polar surface area (TPSA) is 53.6 Å². The average molecular weight is 363 g/mol. The lowest BCUT2D eigenvalue weighted by Gasteiger charge is -2.32. The number of carbonyl (C=O) groups is 1. The van der Waals surface area contributed by atoms with Gasteiger partial charge >= 0.3 is 0 Å². The first-order chi connectivity index (χ1) is 12.2. The van der Waals surface area contributed by atoms with Crippen molar-refractivity contribution in [2.24, 2.45) is 5.92 Å². The summed E-state index contributed by atoms with van der Waals surface area (Å²) in [5.74, 6) is 0.960. The van der Waals surface area contributed by atoms with Crippen molar-refractivity contribution >= 4 is 15.2 Å². The summed E-state index contributed by atoms with van der Waals surface area (Å²) in [6.07, 6.45) is 4.88. The van der Waals surface area contributed by atoms with Gasteiger partial charge in [-0.2, -0.15) is 5.48 Å². The van der Waals surface area contributed by atoms with Crippen molar-refractivity contribution in [3.05, 3.63) is 35.9 Å². The number of nitrogens with one attached hydrogen (secondary N) is 2. The number of benzene rings is 1. The van der Waals surface area contributed by atoms with E-state index < -0.39 is 0 Å². The first-order valence-electron chi connectivity index (χ1n) is 9.37. The lowest BCUT2D eigenvalue weighted by Crippen LogP contribution is -2.51. The number of nitrogens with zero attached hydrogens (tertiary/aromatic N) is 1. The van der Waals surface area contributed by atoms with Crippen LogP contribution in [0.3, 0.4) is 0 Å². The molecule has 2 heterocycles. The molecule has 2 fully saturated rings. The molecule has 0 bridgehead atoms. The van der Waals surface area contributed by atoms with E-state index in [0.717, 1.165) is 57.3 Å². The number of hydrogen-bond acceptors (Lipinski definition) is 5. The molecule has 0 aromatic heterocycles. The minimum absolute atomic E-state index is 0.0289. The highest BCUT2D eigenvalue weighted by molar-refractivity contribution is 7.13. The fraction of sp³-hybridized carbons (Fsp3) is 0.632. The zero-order valence-electron chi connectivity index (χ0n) is 14.8. The second-order valence-electron chi connectivity index (χ2n) is 7.28. The Morgan fingerprint density at radius 2 is 1.96 bits per heavy atom. The number of rotatable bonds is 7. The zero-order valence-corrected chi connectivity index (χ0v) is 16.0. The van der Waals surface area contributed by atoms with E-state index in [4.69, 9.17) is 4.84 Å². The predicted octanol–water partition coefficient (Wildman–Crippen LogP) is 2.29. The molecule has 1 aromatic carbocycles. The van der Waals surface area contributed by atoms with Crippen LogP contribution < -0.4 is 10.8 Å². The van der Waals surface area contributed by atoms with Gasteiger partial charge in [-0.3, -0.25) is 14.3 Å². The number of ketones is 1. The molecule has 1 aromatic rings. The van der Waals surface area contributed by atoms with Crippen LogP contribution in [0.15, 0.2) is 30.3 Å². The highest BCUT2D eigenvalue weighted by Gasteiger charge is 2.28. The highest BCUT2D eigenvalue weighted by atomic mass is 31.0. The molecule has 2 N–H and O–H groups in total. The van der Waals surface area contributed by atoms with Gasteiger partial charge < -0.3 is 5.32 Å². The van der Waals surface area contributed by atoms with E-state index in [2.05, 4.69) is 37.0 Å². The van der Waals surface area contributed by atoms with E-state index in [1.807, 2.05) is 18.2 Å². The number of hydrogen-bond donors (Lipinski definition) is 2. The number of carbonyl (C=O) groups excluding carboxylic acids is 1. The molecule has 0 amide bonds. The molecule has 5 nitrogen and oxygen atoms in total. The Kier molecular flexibility index (Phi) is 7.38. The van der Waals surface area contributed by atoms with Gasteiger partial charge in [0.15, 0.2) is 0 Å². The van der Waals surface area contributed by atoms with Gasteiger partial charge in [0.1, 0.15) is 5.78 Å². The number of piperidine rings is 2. The normalized spacial score (nSPS) is 25.8. The first kappa shape index (κ1) is 18.9. The van der Waals surface area contributed by atoms with Crippen molar-refractivity contribution in [2.75, 3.05) is 19.6 Å². The van der Waals surface area contributed by atoms with E-state index in [1.54, 1.807) is 0 Å². The van der Waals surface area contributed by atoms with E-state index in [0.29, 0.717) is 18.3 Å². The van der Waals surface area contributed by atoms with Gasteiger partial charge in [0.25, 0.3) is 0 Å². The van der Waals surface area contributed by atoms with Gasteiger partial charge in [-0.15, -0.1) is 0 Å². The van der Waals surface area contributed by atoms with Crippen molar-refractivity contribution in [1.82, 2.24) is 15.5 Å². The highest BCUT2D eigenvalue weighted by Crippen LogP contribution is 2.24. The quantitative estimate of drug-likeness (QED) is 0.575. The van der Waals surface area contributed by atoms with Crippen LogP contribution in [0.4, 0.5) is 0 Å². The molecular weight excluding hydrogens is 333 g/mol. The molecule has 2 aliphatic rings.